The van der Waals surface area contributed by atoms with Crippen LogP contribution in [0.1, 0.15) is 20.3 Å². The Hall–Kier alpha value is -0.200. The molecule has 1 N–H and O–H groups in total. The summed E-state index contributed by atoms with van der Waals surface area (Å²) in [6.07, 6.45) is 1.72. The van der Waals surface area contributed by atoms with Crippen LogP contribution >= 0.6 is 11.8 Å². The Bertz CT molecular complexity index is 90.1. The first-order valence-corrected chi connectivity index (χ1v) is 4.74. The van der Waals surface area contributed by atoms with Gasteiger partial charge in [-0.2, -0.15) is 17.0 Å². The van der Waals surface area contributed by atoms with Crippen LogP contribution < -0.4 is 0 Å². The topological polar surface area (TPSA) is 44.0 Å². The van der Waals surface area contributed by atoms with Crippen LogP contribution in [0.5, 0.6) is 0 Å². The highest BCUT2D eigenvalue weighted by atomic mass is 32.2. The lowest BCUT2D eigenvalue weighted by Gasteiger charge is -1.99. The summed E-state index contributed by atoms with van der Waals surface area (Å²) in [6.45, 7) is 4.00. The summed E-state index contributed by atoms with van der Waals surface area (Å²) in [7, 11) is 0. The summed E-state index contributed by atoms with van der Waals surface area (Å²) in [6, 6.07) is 1.89. The standard InChI is InChI=1S/C5H9NOS.C2H6/c1-8-4-5(7)2-3-6;1-2/h5,7H,2,4H2,1H3;1-2H3. The Kier molecular flexibility index (Phi) is 14.4. The summed E-state index contributed by atoms with van der Waals surface area (Å²) in [5.74, 6) is 0.660. The van der Waals surface area contributed by atoms with Crippen molar-refractivity contribution in [3.05, 3.63) is 0 Å². The second-order valence-corrected chi connectivity index (χ2v) is 2.38. The molecule has 0 aliphatic heterocycles. The van der Waals surface area contributed by atoms with Gasteiger partial charge in [0.2, 0.25) is 0 Å². The summed E-state index contributed by atoms with van der Waals surface area (Å²) in [5.41, 5.74) is 0. The third kappa shape index (κ3) is 10.7. The summed E-state index contributed by atoms with van der Waals surface area (Å²) >= 11 is 1.55. The lowest BCUT2D eigenvalue weighted by Crippen LogP contribution is -2.07. The molecule has 0 radical (unpaired) electrons. The highest BCUT2D eigenvalue weighted by molar-refractivity contribution is 7.98. The van der Waals surface area contributed by atoms with Gasteiger partial charge in [-0.05, 0) is 6.26 Å². The maximum atomic E-state index is 8.81. The molecule has 1 atom stereocenters. The van der Waals surface area contributed by atoms with Gasteiger partial charge >= 0.3 is 0 Å². The van der Waals surface area contributed by atoms with Gasteiger partial charge in [-0.15, -0.1) is 0 Å². The van der Waals surface area contributed by atoms with Gasteiger partial charge in [-0.1, -0.05) is 13.8 Å². The van der Waals surface area contributed by atoms with Gasteiger partial charge < -0.3 is 5.11 Å². The molecule has 3 heteroatoms. The second-order valence-electron chi connectivity index (χ2n) is 1.47. The fraction of sp³-hybridized carbons (Fsp3) is 0.857. The van der Waals surface area contributed by atoms with Crippen LogP contribution in [0.25, 0.3) is 0 Å². The summed E-state index contributed by atoms with van der Waals surface area (Å²) in [4.78, 5) is 0. The average Bonchev–Trinajstić information content (AvgIpc) is 1.93. The number of rotatable bonds is 3. The molecule has 0 saturated carbocycles. The fourth-order valence-electron chi connectivity index (χ4n) is 0.357. The summed E-state index contributed by atoms with van der Waals surface area (Å²) < 4.78 is 0. The van der Waals surface area contributed by atoms with Crippen molar-refractivity contribution in [3.63, 3.8) is 0 Å². The maximum absolute atomic E-state index is 8.81. The lowest BCUT2D eigenvalue weighted by molar-refractivity contribution is 0.205. The van der Waals surface area contributed by atoms with Gasteiger partial charge in [0.1, 0.15) is 0 Å². The van der Waals surface area contributed by atoms with Crippen molar-refractivity contribution in [2.24, 2.45) is 0 Å². The van der Waals surface area contributed by atoms with E-state index < -0.39 is 6.10 Å². The molecule has 0 amide bonds. The van der Waals surface area contributed by atoms with Crippen LogP contribution in [-0.4, -0.2) is 23.2 Å². The molecule has 0 aliphatic rings. The van der Waals surface area contributed by atoms with E-state index in [2.05, 4.69) is 0 Å². The molecular weight excluding hydrogens is 146 g/mol. The normalized spacial score (nSPS) is 10.7. The monoisotopic (exact) mass is 161 g/mol. The molecule has 0 bridgehead atoms. The van der Waals surface area contributed by atoms with E-state index in [4.69, 9.17) is 10.4 Å². The third-order valence-electron chi connectivity index (χ3n) is 0.686. The van der Waals surface area contributed by atoms with Crippen molar-refractivity contribution in [3.8, 4) is 6.07 Å². The van der Waals surface area contributed by atoms with Crippen molar-refractivity contribution in [1.29, 1.82) is 5.26 Å². The molecule has 0 heterocycles. The first kappa shape index (κ1) is 12.5. The predicted molar refractivity (Wildman–Crippen MR) is 46.0 cm³/mol. The van der Waals surface area contributed by atoms with Gasteiger partial charge in [-0.3, -0.25) is 0 Å². The highest BCUT2D eigenvalue weighted by Crippen LogP contribution is 1.98. The minimum absolute atomic E-state index is 0.251. The Morgan fingerprint density at radius 2 is 2.10 bits per heavy atom. The molecule has 0 aromatic heterocycles. The number of thioether (sulfide) groups is 1. The van der Waals surface area contributed by atoms with Crippen molar-refractivity contribution < 1.29 is 5.11 Å². The van der Waals surface area contributed by atoms with E-state index in [0.717, 1.165) is 0 Å². The Balaban J connectivity index is 0. The average molecular weight is 161 g/mol. The lowest BCUT2D eigenvalue weighted by atomic mass is 10.3. The van der Waals surface area contributed by atoms with Crippen LogP contribution in [0.2, 0.25) is 0 Å². The zero-order valence-corrected chi connectivity index (χ0v) is 7.61. The molecule has 0 aliphatic carbocycles. The fourth-order valence-corrected chi connectivity index (χ4v) is 0.859. The molecule has 60 valence electrons. The quantitative estimate of drug-likeness (QED) is 0.684. The van der Waals surface area contributed by atoms with Crippen LogP contribution in [0, 0.1) is 11.3 Å². The number of aliphatic hydroxyl groups is 1. The van der Waals surface area contributed by atoms with Crippen LogP contribution in [0.4, 0.5) is 0 Å². The minimum Gasteiger partial charge on any atom is -0.391 e. The largest absolute Gasteiger partial charge is 0.391 e. The zero-order valence-electron chi connectivity index (χ0n) is 6.79. The van der Waals surface area contributed by atoms with E-state index in [1.165, 1.54) is 0 Å². The maximum Gasteiger partial charge on any atom is 0.0760 e. The molecule has 0 aromatic carbocycles. The predicted octanol–water partition coefficient (Wildman–Crippen LogP) is 1.65. The first-order valence-electron chi connectivity index (χ1n) is 3.35. The Morgan fingerprint density at radius 3 is 2.40 bits per heavy atom. The minimum atomic E-state index is -0.435. The van der Waals surface area contributed by atoms with Crippen molar-refractivity contribution in [1.82, 2.24) is 0 Å². The van der Waals surface area contributed by atoms with Crippen LogP contribution in [0.15, 0.2) is 0 Å². The number of aliphatic hydroxyl groups excluding tert-OH is 1. The van der Waals surface area contributed by atoms with Crippen LogP contribution in [0.3, 0.4) is 0 Å². The van der Waals surface area contributed by atoms with E-state index in [0.29, 0.717) is 5.75 Å². The molecule has 2 nitrogen and oxygen atoms in total. The highest BCUT2D eigenvalue weighted by Gasteiger charge is 1.98. The van der Waals surface area contributed by atoms with Gasteiger partial charge in [-0.25, -0.2) is 0 Å². The third-order valence-corrected chi connectivity index (χ3v) is 1.40. The van der Waals surface area contributed by atoms with Crippen molar-refractivity contribution >= 4 is 11.8 Å². The van der Waals surface area contributed by atoms with E-state index in [1.54, 1.807) is 11.8 Å². The molecule has 10 heavy (non-hydrogen) atoms. The zero-order chi connectivity index (χ0) is 8.41. The van der Waals surface area contributed by atoms with Gasteiger partial charge in [0, 0.05) is 5.75 Å². The number of hydrogen-bond acceptors (Lipinski definition) is 3. The molecule has 1 unspecified atom stereocenters. The van der Waals surface area contributed by atoms with E-state index in [1.807, 2.05) is 26.2 Å². The summed E-state index contributed by atoms with van der Waals surface area (Å²) in [5, 5.41) is 16.8. The molecule has 0 spiro atoms. The molecular formula is C7H15NOS. The molecule has 0 saturated heterocycles. The first-order chi connectivity index (χ1) is 4.81. The SMILES string of the molecule is CC.CSCC(O)CC#N. The Morgan fingerprint density at radius 1 is 1.60 bits per heavy atom. The number of hydrogen-bond donors (Lipinski definition) is 1. The van der Waals surface area contributed by atoms with Gasteiger partial charge in [0.15, 0.2) is 0 Å². The molecule has 0 rings (SSSR count). The van der Waals surface area contributed by atoms with E-state index >= 15 is 0 Å². The number of nitrogens with zero attached hydrogens (tertiary/aromatic N) is 1. The van der Waals surface area contributed by atoms with Gasteiger partial charge in [0.25, 0.3) is 0 Å². The van der Waals surface area contributed by atoms with Crippen molar-refractivity contribution in [2.45, 2.75) is 26.4 Å². The van der Waals surface area contributed by atoms with Gasteiger partial charge in [0.05, 0.1) is 18.6 Å². The van der Waals surface area contributed by atoms with E-state index in [9.17, 15) is 0 Å². The van der Waals surface area contributed by atoms with Crippen LogP contribution in [-0.2, 0) is 0 Å². The van der Waals surface area contributed by atoms with E-state index in [-0.39, 0.29) is 6.42 Å². The van der Waals surface area contributed by atoms with Crippen molar-refractivity contribution in [2.75, 3.05) is 12.0 Å². The molecule has 0 aromatic rings. The second kappa shape index (κ2) is 11.6. The number of nitriles is 1. The molecule has 0 fully saturated rings. The Labute approximate surface area is 67.2 Å². The smallest absolute Gasteiger partial charge is 0.0760 e.